The topological polar surface area (TPSA) is 67.9 Å². The zero-order valence-corrected chi connectivity index (χ0v) is 16.7. The lowest BCUT2D eigenvalue weighted by molar-refractivity contribution is -0.140. The van der Waals surface area contributed by atoms with E-state index < -0.39 is 6.04 Å². The first-order chi connectivity index (χ1) is 13.5. The van der Waals surface area contributed by atoms with Gasteiger partial charge in [-0.3, -0.25) is 9.59 Å². The molecule has 0 spiro atoms. The van der Waals surface area contributed by atoms with Crippen LogP contribution in [0.5, 0.6) is 11.5 Å². The molecule has 0 saturated carbocycles. The molecule has 28 heavy (non-hydrogen) atoms. The first-order valence-electron chi connectivity index (χ1n) is 9.12. The van der Waals surface area contributed by atoms with Crippen molar-refractivity contribution in [1.29, 1.82) is 0 Å². The molecule has 3 rings (SSSR count). The Labute approximate surface area is 169 Å². The number of carbonyl (C=O) groups excluding carboxylic acids is 2. The van der Waals surface area contributed by atoms with Crippen molar-refractivity contribution in [3.63, 3.8) is 0 Å². The van der Waals surface area contributed by atoms with Gasteiger partial charge >= 0.3 is 0 Å². The molecular weight excluding hydrogens is 380 g/mol. The molecule has 2 aromatic rings. The number of hydrogen-bond donors (Lipinski definition) is 1. The highest BCUT2D eigenvalue weighted by Crippen LogP contribution is 2.32. The molecular formula is C21H23ClN2O4. The van der Waals surface area contributed by atoms with E-state index in [4.69, 9.17) is 21.1 Å². The molecule has 7 heteroatoms. The van der Waals surface area contributed by atoms with Gasteiger partial charge in [-0.25, -0.2) is 0 Å². The largest absolute Gasteiger partial charge is 0.454 e. The highest BCUT2D eigenvalue weighted by molar-refractivity contribution is 6.31. The lowest BCUT2D eigenvalue weighted by atomic mass is 10.1. The smallest absolute Gasteiger partial charge is 0.242 e. The van der Waals surface area contributed by atoms with Gasteiger partial charge in [-0.05, 0) is 42.7 Å². The number of benzene rings is 2. The molecule has 0 aliphatic carbocycles. The fourth-order valence-electron chi connectivity index (χ4n) is 3.09. The maximum absolute atomic E-state index is 13.0. The maximum Gasteiger partial charge on any atom is 0.242 e. The molecule has 0 unspecified atom stereocenters. The van der Waals surface area contributed by atoms with Gasteiger partial charge in [0.25, 0.3) is 0 Å². The van der Waals surface area contributed by atoms with Crippen LogP contribution in [0.15, 0.2) is 42.5 Å². The van der Waals surface area contributed by atoms with Crippen molar-refractivity contribution in [3.8, 4) is 11.5 Å². The standard InChI is InChI=1S/C21H23ClN2O4/c1-14(21(26)23-2)24(12-16-5-3-4-6-17(16)22)20(25)10-8-15-7-9-18-19(11-15)28-13-27-18/h3-7,9,11,14H,8,10,12-13H2,1-2H3,(H,23,26)/t14-/m0/s1. The number of ether oxygens (including phenoxy) is 2. The van der Waals surface area contributed by atoms with Gasteiger partial charge in [0.1, 0.15) is 6.04 Å². The third kappa shape index (κ3) is 4.57. The van der Waals surface area contributed by atoms with Crippen LogP contribution in [0.3, 0.4) is 0 Å². The Bertz CT molecular complexity index is 871. The summed E-state index contributed by atoms with van der Waals surface area (Å²) < 4.78 is 10.7. The van der Waals surface area contributed by atoms with E-state index >= 15 is 0 Å². The minimum atomic E-state index is -0.606. The Hall–Kier alpha value is -2.73. The SMILES string of the molecule is CNC(=O)[C@H](C)N(Cc1ccccc1Cl)C(=O)CCc1ccc2c(c1)OCO2. The third-order valence-corrected chi connectivity index (χ3v) is 5.15. The van der Waals surface area contributed by atoms with E-state index in [-0.39, 0.29) is 31.6 Å². The van der Waals surface area contributed by atoms with E-state index in [0.717, 1.165) is 11.1 Å². The molecule has 1 heterocycles. The molecule has 6 nitrogen and oxygen atoms in total. The second-order valence-electron chi connectivity index (χ2n) is 6.59. The van der Waals surface area contributed by atoms with Gasteiger partial charge in [-0.15, -0.1) is 0 Å². The molecule has 2 aromatic carbocycles. The van der Waals surface area contributed by atoms with Crippen molar-refractivity contribution in [2.24, 2.45) is 0 Å². The fourth-order valence-corrected chi connectivity index (χ4v) is 3.29. The summed E-state index contributed by atoms with van der Waals surface area (Å²) in [5.41, 5.74) is 1.78. The van der Waals surface area contributed by atoms with E-state index in [1.807, 2.05) is 36.4 Å². The number of likely N-dealkylation sites (N-methyl/N-ethyl adjacent to an activating group) is 1. The molecule has 1 N–H and O–H groups in total. The summed E-state index contributed by atoms with van der Waals surface area (Å²) in [7, 11) is 1.56. The molecule has 0 fully saturated rings. The van der Waals surface area contributed by atoms with E-state index in [0.29, 0.717) is 22.9 Å². The average molecular weight is 403 g/mol. The zero-order valence-electron chi connectivity index (χ0n) is 15.9. The zero-order chi connectivity index (χ0) is 20.1. The van der Waals surface area contributed by atoms with Crippen LogP contribution in [0.2, 0.25) is 5.02 Å². The number of hydrogen-bond acceptors (Lipinski definition) is 4. The number of amides is 2. The van der Waals surface area contributed by atoms with Gasteiger partial charge in [0.2, 0.25) is 18.6 Å². The monoisotopic (exact) mass is 402 g/mol. The summed E-state index contributed by atoms with van der Waals surface area (Å²) in [6, 6.07) is 12.4. The Balaban J connectivity index is 1.72. The van der Waals surface area contributed by atoms with Crippen molar-refractivity contribution in [3.05, 3.63) is 58.6 Å². The Morgan fingerprint density at radius 1 is 1.18 bits per heavy atom. The minimum Gasteiger partial charge on any atom is -0.454 e. The fraction of sp³-hybridized carbons (Fsp3) is 0.333. The normalized spacial score (nSPS) is 13.1. The van der Waals surface area contributed by atoms with E-state index in [1.54, 1.807) is 24.9 Å². The highest BCUT2D eigenvalue weighted by atomic mass is 35.5. The second-order valence-corrected chi connectivity index (χ2v) is 7.00. The number of carbonyl (C=O) groups is 2. The minimum absolute atomic E-state index is 0.117. The van der Waals surface area contributed by atoms with Crippen LogP contribution < -0.4 is 14.8 Å². The van der Waals surface area contributed by atoms with Gasteiger partial charge in [0.15, 0.2) is 11.5 Å². The number of nitrogens with zero attached hydrogens (tertiary/aromatic N) is 1. The van der Waals surface area contributed by atoms with Crippen LogP contribution >= 0.6 is 11.6 Å². The first kappa shape index (κ1) is 20.0. The first-order valence-corrected chi connectivity index (χ1v) is 9.50. The number of halogens is 1. The summed E-state index contributed by atoms with van der Waals surface area (Å²) in [5.74, 6) is 1.07. The molecule has 1 atom stereocenters. The summed E-state index contributed by atoms with van der Waals surface area (Å²) in [6.07, 6.45) is 0.806. The van der Waals surface area contributed by atoms with E-state index in [2.05, 4.69) is 5.32 Å². The second kappa shape index (κ2) is 8.97. The Kier molecular flexibility index (Phi) is 6.41. The van der Waals surface area contributed by atoms with Crippen molar-refractivity contribution in [2.75, 3.05) is 13.8 Å². The summed E-state index contributed by atoms with van der Waals surface area (Å²) in [6.45, 7) is 2.20. The van der Waals surface area contributed by atoms with Crippen LogP contribution in [0, 0.1) is 0 Å². The molecule has 0 bridgehead atoms. The van der Waals surface area contributed by atoms with Crippen molar-refractivity contribution < 1.29 is 19.1 Å². The summed E-state index contributed by atoms with van der Waals surface area (Å²) in [5, 5.41) is 3.18. The molecule has 0 radical (unpaired) electrons. The number of aryl methyl sites for hydroxylation is 1. The van der Waals surface area contributed by atoms with Gasteiger partial charge in [0, 0.05) is 25.0 Å². The van der Waals surface area contributed by atoms with Crippen LogP contribution in [-0.2, 0) is 22.6 Å². The average Bonchev–Trinajstić information content (AvgIpc) is 3.18. The number of rotatable bonds is 7. The van der Waals surface area contributed by atoms with Gasteiger partial charge in [0.05, 0.1) is 0 Å². The highest BCUT2D eigenvalue weighted by Gasteiger charge is 2.26. The van der Waals surface area contributed by atoms with Crippen LogP contribution in [-0.4, -0.2) is 36.6 Å². The molecule has 148 valence electrons. The summed E-state index contributed by atoms with van der Waals surface area (Å²) >= 11 is 6.25. The molecule has 2 amide bonds. The van der Waals surface area contributed by atoms with Crippen molar-refractivity contribution in [1.82, 2.24) is 10.2 Å². The van der Waals surface area contributed by atoms with Crippen LogP contribution in [0.1, 0.15) is 24.5 Å². The number of fused-ring (bicyclic) bond motifs is 1. The summed E-state index contributed by atoms with van der Waals surface area (Å²) in [4.78, 5) is 26.7. The third-order valence-electron chi connectivity index (χ3n) is 4.78. The van der Waals surface area contributed by atoms with E-state index in [9.17, 15) is 9.59 Å². The quantitative estimate of drug-likeness (QED) is 0.772. The van der Waals surface area contributed by atoms with Gasteiger partial charge in [-0.1, -0.05) is 35.9 Å². The van der Waals surface area contributed by atoms with Gasteiger partial charge < -0.3 is 19.7 Å². The predicted molar refractivity (Wildman–Crippen MR) is 106 cm³/mol. The van der Waals surface area contributed by atoms with Crippen LogP contribution in [0.4, 0.5) is 0 Å². The Morgan fingerprint density at radius 3 is 2.68 bits per heavy atom. The van der Waals surface area contributed by atoms with E-state index in [1.165, 1.54) is 0 Å². The lowest BCUT2D eigenvalue weighted by Crippen LogP contribution is -2.46. The predicted octanol–water partition coefficient (Wildman–Crippen LogP) is 3.16. The van der Waals surface area contributed by atoms with Crippen molar-refractivity contribution >= 4 is 23.4 Å². The molecule has 1 aliphatic heterocycles. The van der Waals surface area contributed by atoms with Gasteiger partial charge in [-0.2, -0.15) is 0 Å². The maximum atomic E-state index is 13.0. The number of nitrogens with one attached hydrogen (secondary N) is 1. The molecule has 0 aromatic heterocycles. The molecule has 0 saturated heterocycles. The van der Waals surface area contributed by atoms with Crippen molar-refractivity contribution in [2.45, 2.75) is 32.4 Å². The molecule has 1 aliphatic rings. The van der Waals surface area contributed by atoms with Crippen LogP contribution in [0.25, 0.3) is 0 Å². The Morgan fingerprint density at radius 2 is 1.93 bits per heavy atom. The lowest BCUT2D eigenvalue weighted by Gasteiger charge is -2.28.